The van der Waals surface area contributed by atoms with Gasteiger partial charge in [-0.05, 0) is 47.5 Å². The molecule has 1 atom stereocenters. The molecule has 3 aromatic carbocycles. The molecular weight excluding hydrogens is 422 g/mol. The van der Waals surface area contributed by atoms with E-state index >= 15 is 0 Å². The third kappa shape index (κ3) is 4.98. The highest BCUT2D eigenvalue weighted by Gasteiger charge is 2.19. The molecule has 1 amide bonds. The van der Waals surface area contributed by atoms with Gasteiger partial charge in [-0.15, -0.1) is 0 Å². The van der Waals surface area contributed by atoms with E-state index in [-0.39, 0.29) is 21.5 Å². The van der Waals surface area contributed by atoms with Crippen LogP contribution in [0.5, 0.6) is 0 Å². The van der Waals surface area contributed by atoms with Crippen molar-refractivity contribution in [2.45, 2.75) is 17.7 Å². The van der Waals surface area contributed by atoms with Gasteiger partial charge in [-0.25, -0.2) is 8.42 Å². The number of benzene rings is 3. The fraction of sp³-hybridized carbons (Fsp3) is 0.0909. The lowest BCUT2D eigenvalue weighted by atomic mass is 9.92. The molecule has 0 aromatic heterocycles. The summed E-state index contributed by atoms with van der Waals surface area (Å²) in [5.74, 6) is -0.810. The molecule has 0 spiro atoms. The van der Waals surface area contributed by atoms with Gasteiger partial charge >= 0.3 is 0 Å². The average molecular weight is 440 g/mol. The van der Waals surface area contributed by atoms with Gasteiger partial charge in [0.25, 0.3) is 10.0 Å². The Morgan fingerprint density at radius 1 is 1.00 bits per heavy atom. The molecule has 30 heavy (non-hydrogen) atoms. The molecule has 152 valence electrons. The van der Waals surface area contributed by atoms with Crippen molar-refractivity contribution < 1.29 is 13.2 Å². The highest BCUT2D eigenvalue weighted by Crippen LogP contribution is 2.32. The Hall–Kier alpha value is -3.34. The van der Waals surface area contributed by atoms with Gasteiger partial charge in [-0.2, -0.15) is 5.26 Å². The maximum Gasteiger partial charge on any atom is 0.261 e. The minimum absolute atomic E-state index is 0.0380. The van der Waals surface area contributed by atoms with Crippen LogP contribution in [0.3, 0.4) is 0 Å². The van der Waals surface area contributed by atoms with Crippen LogP contribution in [0, 0.1) is 11.3 Å². The summed E-state index contributed by atoms with van der Waals surface area (Å²) in [6.45, 7) is 1.37. The molecule has 0 aliphatic rings. The molecule has 0 unspecified atom stereocenters. The van der Waals surface area contributed by atoms with Gasteiger partial charge in [0.1, 0.15) is 0 Å². The zero-order chi connectivity index (χ0) is 21.7. The predicted molar refractivity (Wildman–Crippen MR) is 117 cm³/mol. The molecule has 0 heterocycles. The van der Waals surface area contributed by atoms with E-state index in [4.69, 9.17) is 11.6 Å². The number of hydrogen-bond donors (Lipinski definition) is 2. The second kappa shape index (κ2) is 8.99. The first kappa shape index (κ1) is 21.4. The van der Waals surface area contributed by atoms with Gasteiger partial charge in [0, 0.05) is 17.6 Å². The van der Waals surface area contributed by atoms with Crippen molar-refractivity contribution in [1.29, 1.82) is 5.26 Å². The number of nitriles is 1. The first-order valence-electron chi connectivity index (χ1n) is 8.94. The van der Waals surface area contributed by atoms with E-state index in [1.54, 1.807) is 12.1 Å². The molecule has 0 radical (unpaired) electrons. The third-order valence-corrected chi connectivity index (χ3v) is 6.04. The molecule has 2 N–H and O–H groups in total. The van der Waals surface area contributed by atoms with Crippen molar-refractivity contribution in [3.8, 4) is 6.07 Å². The molecule has 0 saturated heterocycles. The Bertz CT molecular complexity index is 1200. The van der Waals surface area contributed by atoms with Gasteiger partial charge in [-0.3, -0.25) is 9.52 Å². The van der Waals surface area contributed by atoms with Gasteiger partial charge < -0.3 is 5.32 Å². The predicted octanol–water partition coefficient (Wildman–Crippen LogP) is 4.75. The molecule has 0 aliphatic heterocycles. The maximum absolute atomic E-state index is 12.6. The number of carbonyl (C=O) groups excluding carboxylic acids is 1. The SMILES string of the molecule is CC(=O)Nc1ccc(S(=O)(=O)Nc2ccc([C@@H](C#N)c3ccccc3)c(Cl)c2)cc1. The summed E-state index contributed by atoms with van der Waals surface area (Å²) in [4.78, 5) is 11.1. The minimum Gasteiger partial charge on any atom is -0.326 e. The van der Waals surface area contributed by atoms with Gasteiger partial charge in [-0.1, -0.05) is 48.0 Å². The van der Waals surface area contributed by atoms with Crippen molar-refractivity contribution in [2.24, 2.45) is 0 Å². The van der Waals surface area contributed by atoms with E-state index < -0.39 is 15.9 Å². The summed E-state index contributed by atoms with van der Waals surface area (Å²) in [7, 11) is -3.85. The van der Waals surface area contributed by atoms with E-state index in [9.17, 15) is 18.5 Å². The number of amides is 1. The van der Waals surface area contributed by atoms with Crippen LogP contribution in [0.1, 0.15) is 24.0 Å². The molecule has 0 saturated carbocycles. The first-order valence-corrected chi connectivity index (χ1v) is 10.8. The van der Waals surface area contributed by atoms with Crippen molar-refractivity contribution >= 4 is 38.9 Å². The Morgan fingerprint density at radius 2 is 1.63 bits per heavy atom. The standard InChI is InChI=1S/C22H18ClN3O3S/c1-15(27)25-17-7-10-19(11-8-17)30(28,29)26-18-9-12-20(22(23)13-18)21(14-24)16-5-3-2-4-6-16/h2-13,21,26H,1H3,(H,25,27)/t21-/m0/s1. The Morgan fingerprint density at radius 3 is 2.20 bits per heavy atom. The summed E-state index contributed by atoms with van der Waals surface area (Å²) in [6, 6.07) is 21.9. The zero-order valence-electron chi connectivity index (χ0n) is 16.0. The molecule has 0 aliphatic carbocycles. The van der Waals surface area contributed by atoms with Crippen molar-refractivity contribution in [2.75, 3.05) is 10.0 Å². The molecule has 6 nitrogen and oxygen atoms in total. The lowest BCUT2D eigenvalue weighted by Gasteiger charge is -2.14. The third-order valence-electron chi connectivity index (χ3n) is 4.31. The summed E-state index contributed by atoms with van der Waals surface area (Å²) < 4.78 is 27.8. The smallest absolute Gasteiger partial charge is 0.261 e. The lowest BCUT2D eigenvalue weighted by Crippen LogP contribution is -2.13. The first-order chi connectivity index (χ1) is 14.3. The molecule has 3 rings (SSSR count). The number of rotatable bonds is 6. The van der Waals surface area contributed by atoms with Crippen LogP contribution in [0.4, 0.5) is 11.4 Å². The average Bonchev–Trinajstić information content (AvgIpc) is 2.70. The summed E-state index contributed by atoms with van der Waals surface area (Å²) in [6.07, 6.45) is 0. The van der Waals surface area contributed by atoms with Gasteiger partial charge in [0.05, 0.1) is 22.6 Å². The molecule has 0 fully saturated rings. The molecule has 8 heteroatoms. The monoisotopic (exact) mass is 439 g/mol. The van der Waals surface area contributed by atoms with Crippen LogP contribution >= 0.6 is 11.6 Å². The van der Waals surface area contributed by atoms with E-state index in [0.29, 0.717) is 11.3 Å². The Labute approximate surface area is 180 Å². The van der Waals surface area contributed by atoms with Crippen LogP contribution < -0.4 is 10.0 Å². The topological polar surface area (TPSA) is 99.1 Å². The van der Waals surface area contributed by atoms with E-state index in [2.05, 4.69) is 16.1 Å². The second-order valence-corrected chi connectivity index (χ2v) is 8.61. The highest BCUT2D eigenvalue weighted by atomic mass is 35.5. The molecule has 0 bridgehead atoms. The summed E-state index contributed by atoms with van der Waals surface area (Å²) in [5.41, 5.74) is 2.17. The Balaban J connectivity index is 1.83. The van der Waals surface area contributed by atoms with Crippen LogP contribution in [-0.2, 0) is 14.8 Å². The fourth-order valence-electron chi connectivity index (χ4n) is 2.93. The number of nitrogens with zero attached hydrogens (tertiary/aromatic N) is 1. The van der Waals surface area contributed by atoms with E-state index in [0.717, 1.165) is 5.56 Å². The number of sulfonamides is 1. The second-order valence-electron chi connectivity index (χ2n) is 6.52. The zero-order valence-corrected chi connectivity index (χ0v) is 17.5. The number of anilines is 2. The summed E-state index contributed by atoms with van der Waals surface area (Å²) >= 11 is 6.37. The van der Waals surface area contributed by atoms with Crippen LogP contribution in [0.25, 0.3) is 0 Å². The van der Waals surface area contributed by atoms with Crippen molar-refractivity contribution in [1.82, 2.24) is 0 Å². The van der Waals surface area contributed by atoms with E-state index in [1.807, 2.05) is 30.3 Å². The van der Waals surface area contributed by atoms with Gasteiger partial charge in [0.2, 0.25) is 5.91 Å². The Kier molecular flexibility index (Phi) is 6.40. The largest absolute Gasteiger partial charge is 0.326 e. The van der Waals surface area contributed by atoms with E-state index in [1.165, 1.54) is 37.3 Å². The number of carbonyl (C=O) groups is 1. The van der Waals surface area contributed by atoms with Crippen LogP contribution in [-0.4, -0.2) is 14.3 Å². The van der Waals surface area contributed by atoms with Gasteiger partial charge in [0.15, 0.2) is 0 Å². The van der Waals surface area contributed by atoms with Crippen molar-refractivity contribution in [3.05, 3.63) is 88.9 Å². The fourth-order valence-corrected chi connectivity index (χ4v) is 4.27. The minimum atomic E-state index is -3.85. The molecule has 3 aromatic rings. The lowest BCUT2D eigenvalue weighted by molar-refractivity contribution is -0.114. The van der Waals surface area contributed by atoms with Crippen LogP contribution in [0.15, 0.2) is 77.7 Å². The highest BCUT2D eigenvalue weighted by molar-refractivity contribution is 7.92. The number of hydrogen-bond acceptors (Lipinski definition) is 4. The number of halogens is 1. The normalized spacial score (nSPS) is 11.9. The van der Waals surface area contributed by atoms with Crippen LogP contribution in [0.2, 0.25) is 5.02 Å². The summed E-state index contributed by atoms with van der Waals surface area (Å²) in [5, 5.41) is 12.5. The van der Waals surface area contributed by atoms with Crippen molar-refractivity contribution in [3.63, 3.8) is 0 Å². The maximum atomic E-state index is 12.6. The quantitative estimate of drug-likeness (QED) is 0.578. The molecular formula is C22H18ClN3O3S. The number of nitrogens with one attached hydrogen (secondary N) is 2.